The van der Waals surface area contributed by atoms with Crippen molar-refractivity contribution in [2.75, 3.05) is 12.4 Å². The lowest BCUT2D eigenvalue weighted by Gasteiger charge is -2.17. The number of methoxy groups -OCH3 is 1. The van der Waals surface area contributed by atoms with Gasteiger partial charge in [-0.2, -0.15) is 5.10 Å². The van der Waals surface area contributed by atoms with Crippen LogP contribution >= 0.6 is 0 Å². The summed E-state index contributed by atoms with van der Waals surface area (Å²) in [6, 6.07) is 5.69. The molecule has 5 nitrogen and oxygen atoms in total. The second-order valence-corrected chi connectivity index (χ2v) is 4.97. The van der Waals surface area contributed by atoms with E-state index in [-0.39, 0.29) is 12.0 Å². The Kier molecular flexibility index (Phi) is 4.62. The van der Waals surface area contributed by atoms with Gasteiger partial charge in [0.1, 0.15) is 0 Å². The van der Waals surface area contributed by atoms with E-state index in [4.69, 9.17) is 4.74 Å². The highest BCUT2D eigenvalue weighted by Gasteiger charge is 2.14. The zero-order valence-electron chi connectivity index (χ0n) is 12.9. The number of nitrogens with zero attached hydrogens (tertiary/aromatic N) is 2. The van der Waals surface area contributed by atoms with E-state index in [0.29, 0.717) is 5.56 Å². The molecule has 1 atom stereocenters. The average Bonchev–Trinajstić information content (AvgIpc) is 2.97. The van der Waals surface area contributed by atoms with Gasteiger partial charge in [-0.05, 0) is 38.5 Å². The van der Waals surface area contributed by atoms with E-state index in [2.05, 4.69) is 24.3 Å². The highest BCUT2D eigenvalue weighted by atomic mass is 16.5. The van der Waals surface area contributed by atoms with Gasteiger partial charge in [-0.25, -0.2) is 4.79 Å². The third kappa shape index (κ3) is 3.24. The van der Waals surface area contributed by atoms with Gasteiger partial charge in [0.2, 0.25) is 0 Å². The Labute approximate surface area is 124 Å². The largest absolute Gasteiger partial charge is 0.465 e. The van der Waals surface area contributed by atoms with Crippen molar-refractivity contribution in [3.05, 3.63) is 47.3 Å². The van der Waals surface area contributed by atoms with Crippen LogP contribution in [0, 0.1) is 6.92 Å². The number of nitrogens with one attached hydrogen (secondary N) is 1. The summed E-state index contributed by atoms with van der Waals surface area (Å²) in [5.74, 6) is -0.317. The van der Waals surface area contributed by atoms with E-state index < -0.39 is 0 Å². The van der Waals surface area contributed by atoms with Crippen molar-refractivity contribution >= 4 is 11.7 Å². The number of carbonyl (C=O) groups is 1. The first-order valence-electron chi connectivity index (χ1n) is 7.03. The molecule has 112 valence electrons. The maximum Gasteiger partial charge on any atom is 0.338 e. The zero-order chi connectivity index (χ0) is 15.4. The summed E-state index contributed by atoms with van der Waals surface area (Å²) in [5.41, 5.74) is 3.51. The predicted molar refractivity (Wildman–Crippen MR) is 82.5 cm³/mol. The van der Waals surface area contributed by atoms with Crippen LogP contribution < -0.4 is 5.32 Å². The molecule has 2 rings (SSSR count). The first-order valence-corrected chi connectivity index (χ1v) is 7.03. The summed E-state index contributed by atoms with van der Waals surface area (Å²) >= 11 is 0. The van der Waals surface area contributed by atoms with E-state index in [9.17, 15) is 4.79 Å². The summed E-state index contributed by atoms with van der Waals surface area (Å²) in [6.07, 6.45) is 3.89. The lowest BCUT2D eigenvalue weighted by Crippen LogP contribution is -2.10. The number of carbonyl (C=O) groups excluding carboxylic acids is 1. The molecule has 0 aliphatic carbocycles. The number of esters is 1. The van der Waals surface area contributed by atoms with E-state index in [0.717, 1.165) is 23.4 Å². The van der Waals surface area contributed by atoms with Gasteiger partial charge in [0.25, 0.3) is 0 Å². The third-order valence-electron chi connectivity index (χ3n) is 3.59. The molecule has 1 aromatic carbocycles. The Balaban J connectivity index is 2.21. The number of ether oxygens (including phenoxy) is 1. The van der Waals surface area contributed by atoms with Crippen LogP contribution in [0.2, 0.25) is 0 Å². The van der Waals surface area contributed by atoms with Crippen molar-refractivity contribution < 1.29 is 9.53 Å². The van der Waals surface area contributed by atoms with E-state index >= 15 is 0 Å². The minimum atomic E-state index is -0.317. The van der Waals surface area contributed by atoms with Crippen LogP contribution in [0.1, 0.15) is 41.4 Å². The topological polar surface area (TPSA) is 56.2 Å². The molecule has 0 amide bonds. The minimum absolute atomic E-state index is 0.108. The predicted octanol–water partition coefficient (Wildman–Crippen LogP) is 3.17. The van der Waals surface area contributed by atoms with Crippen LogP contribution in [0.15, 0.2) is 30.6 Å². The molecule has 5 heteroatoms. The molecular formula is C16H21N3O2. The SMILES string of the molecule is CCn1cc(C(C)Nc2cccc(C(=O)OC)c2C)cn1. The molecule has 1 aromatic heterocycles. The van der Waals surface area contributed by atoms with Crippen LogP contribution in [0.4, 0.5) is 5.69 Å². The first kappa shape index (κ1) is 15.1. The van der Waals surface area contributed by atoms with Gasteiger partial charge in [0.15, 0.2) is 0 Å². The Bertz CT molecular complexity index is 634. The normalized spacial score (nSPS) is 12.0. The molecule has 1 unspecified atom stereocenters. The number of aromatic nitrogens is 2. The van der Waals surface area contributed by atoms with Crippen LogP contribution in [0.5, 0.6) is 0 Å². The Morgan fingerprint density at radius 1 is 1.48 bits per heavy atom. The molecule has 0 radical (unpaired) electrons. The summed E-state index contributed by atoms with van der Waals surface area (Å²) in [5, 5.41) is 7.70. The Morgan fingerprint density at radius 2 is 2.24 bits per heavy atom. The second kappa shape index (κ2) is 6.43. The van der Waals surface area contributed by atoms with Crippen molar-refractivity contribution in [3.63, 3.8) is 0 Å². The summed E-state index contributed by atoms with van der Waals surface area (Å²) in [7, 11) is 1.39. The number of hydrogen-bond donors (Lipinski definition) is 1. The summed E-state index contributed by atoms with van der Waals surface area (Å²) in [6.45, 7) is 6.89. The van der Waals surface area contributed by atoms with Gasteiger partial charge >= 0.3 is 5.97 Å². The van der Waals surface area contributed by atoms with Crippen molar-refractivity contribution in [2.24, 2.45) is 0 Å². The maximum atomic E-state index is 11.7. The van der Waals surface area contributed by atoms with Crippen LogP contribution in [-0.2, 0) is 11.3 Å². The molecule has 0 aliphatic heterocycles. The summed E-state index contributed by atoms with van der Waals surface area (Å²) < 4.78 is 6.69. The zero-order valence-corrected chi connectivity index (χ0v) is 12.9. The molecule has 2 aromatic rings. The summed E-state index contributed by atoms with van der Waals surface area (Å²) in [4.78, 5) is 11.7. The minimum Gasteiger partial charge on any atom is -0.465 e. The van der Waals surface area contributed by atoms with Gasteiger partial charge < -0.3 is 10.1 Å². The van der Waals surface area contributed by atoms with Crippen molar-refractivity contribution in [3.8, 4) is 0 Å². The van der Waals surface area contributed by atoms with Gasteiger partial charge in [0, 0.05) is 24.0 Å². The van der Waals surface area contributed by atoms with Crippen molar-refractivity contribution in [1.82, 2.24) is 9.78 Å². The van der Waals surface area contributed by atoms with Crippen LogP contribution in [0.25, 0.3) is 0 Å². The molecule has 0 saturated carbocycles. The highest BCUT2D eigenvalue weighted by molar-refractivity contribution is 5.92. The number of benzene rings is 1. The standard InChI is InChI=1S/C16H21N3O2/c1-5-19-10-13(9-17-19)12(3)18-15-8-6-7-14(11(15)2)16(20)21-4/h6-10,12,18H,5H2,1-4H3. The van der Waals surface area contributed by atoms with Crippen molar-refractivity contribution in [2.45, 2.75) is 33.4 Å². The number of aryl methyl sites for hydroxylation is 1. The monoisotopic (exact) mass is 287 g/mol. The molecule has 21 heavy (non-hydrogen) atoms. The highest BCUT2D eigenvalue weighted by Crippen LogP contribution is 2.24. The Hall–Kier alpha value is -2.30. The molecule has 0 saturated heterocycles. The van der Waals surface area contributed by atoms with Gasteiger partial charge in [-0.3, -0.25) is 4.68 Å². The number of anilines is 1. The van der Waals surface area contributed by atoms with Crippen molar-refractivity contribution in [1.29, 1.82) is 0 Å². The quantitative estimate of drug-likeness (QED) is 0.858. The molecular weight excluding hydrogens is 266 g/mol. The van der Waals surface area contributed by atoms with Gasteiger partial charge in [-0.15, -0.1) is 0 Å². The van der Waals surface area contributed by atoms with Crippen LogP contribution in [0.3, 0.4) is 0 Å². The molecule has 1 N–H and O–H groups in total. The fourth-order valence-electron chi connectivity index (χ4n) is 2.22. The molecule has 0 spiro atoms. The maximum absolute atomic E-state index is 11.7. The Morgan fingerprint density at radius 3 is 2.86 bits per heavy atom. The molecule has 1 heterocycles. The van der Waals surface area contributed by atoms with E-state index in [1.807, 2.05) is 36.1 Å². The average molecular weight is 287 g/mol. The lowest BCUT2D eigenvalue weighted by atomic mass is 10.1. The van der Waals surface area contributed by atoms with Gasteiger partial charge in [-0.1, -0.05) is 6.07 Å². The van der Waals surface area contributed by atoms with Crippen LogP contribution in [-0.4, -0.2) is 22.9 Å². The molecule has 0 fully saturated rings. The lowest BCUT2D eigenvalue weighted by molar-refractivity contribution is 0.0600. The first-order chi connectivity index (χ1) is 10.1. The second-order valence-electron chi connectivity index (χ2n) is 4.97. The molecule has 0 aliphatic rings. The molecule has 0 bridgehead atoms. The fraction of sp³-hybridized carbons (Fsp3) is 0.375. The smallest absolute Gasteiger partial charge is 0.338 e. The third-order valence-corrected chi connectivity index (χ3v) is 3.59. The fourth-order valence-corrected chi connectivity index (χ4v) is 2.22. The van der Waals surface area contributed by atoms with E-state index in [1.165, 1.54) is 7.11 Å². The number of rotatable bonds is 5. The van der Waals surface area contributed by atoms with Gasteiger partial charge in [0.05, 0.1) is 24.9 Å². The van der Waals surface area contributed by atoms with E-state index in [1.54, 1.807) is 6.07 Å². The number of hydrogen-bond acceptors (Lipinski definition) is 4.